The molecule has 3 aromatic rings. The Hall–Kier alpha value is -2.12. The first kappa shape index (κ1) is 19.2. The van der Waals surface area contributed by atoms with Gasteiger partial charge < -0.3 is 14.4 Å². The number of nitrogens with zero attached hydrogens (tertiary/aromatic N) is 4. The lowest BCUT2D eigenvalue weighted by atomic mass is 10.2. The van der Waals surface area contributed by atoms with Gasteiger partial charge in [-0.1, -0.05) is 15.9 Å². The van der Waals surface area contributed by atoms with Crippen molar-refractivity contribution in [2.45, 2.75) is 20.3 Å². The molecule has 1 aliphatic rings. The first-order valence-electron chi connectivity index (χ1n) is 9.43. The minimum atomic E-state index is 0.123. The summed E-state index contributed by atoms with van der Waals surface area (Å²) in [4.78, 5) is 22.0. The van der Waals surface area contributed by atoms with E-state index in [4.69, 9.17) is 0 Å². The SMILES string of the molecule is Cc1cc(C(=O)N2CCCN(c3nccs3)CC2)c(C)n1-c1ccc(Br)cc1. The van der Waals surface area contributed by atoms with Gasteiger partial charge in [0.2, 0.25) is 0 Å². The second kappa shape index (κ2) is 8.09. The maximum absolute atomic E-state index is 13.3. The Balaban J connectivity index is 1.55. The van der Waals surface area contributed by atoms with Gasteiger partial charge in [0.1, 0.15) is 0 Å². The van der Waals surface area contributed by atoms with Crippen LogP contribution in [-0.2, 0) is 0 Å². The largest absolute Gasteiger partial charge is 0.346 e. The molecule has 7 heteroatoms. The summed E-state index contributed by atoms with van der Waals surface area (Å²) in [5.41, 5.74) is 3.93. The summed E-state index contributed by atoms with van der Waals surface area (Å²) in [5.74, 6) is 0.123. The summed E-state index contributed by atoms with van der Waals surface area (Å²) in [7, 11) is 0. The Morgan fingerprint density at radius 1 is 1.11 bits per heavy atom. The third-order valence-corrected chi connectivity index (χ3v) is 6.58. The highest BCUT2D eigenvalue weighted by Gasteiger charge is 2.24. The fraction of sp³-hybridized carbons (Fsp3) is 0.333. The van der Waals surface area contributed by atoms with E-state index in [2.05, 4.69) is 49.4 Å². The minimum Gasteiger partial charge on any atom is -0.346 e. The number of carbonyl (C=O) groups excluding carboxylic acids is 1. The summed E-state index contributed by atoms with van der Waals surface area (Å²) in [6.07, 6.45) is 2.79. The molecule has 5 nitrogen and oxygen atoms in total. The fourth-order valence-electron chi connectivity index (χ4n) is 3.82. The van der Waals surface area contributed by atoms with E-state index in [1.54, 1.807) is 11.3 Å². The van der Waals surface area contributed by atoms with Crippen LogP contribution in [0.5, 0.6) is 0 Å². The van der Waals surface area contributed by atoms with Crippen LogP contribution in [0.15, 0.2) is 46.4 Å². The Morgan fingerprint density at radius 2 is 1.89 bits per heavy atom. The van der Waals surface area contributed by atoms with Crippen molar-refractivity contribution in [3.05, 3.63) is 63.3 Å². The van der Waals surface area contributed by atoms with Gasteiger partial charge in [-0.05, 0) is 50.6 Å². The number of anilines is 1. The summed E-state index contributed by atoms with van der Waals surface area (Å²) in [6, 6.07) is 10.2. The van der Waals surface area contributed by atoms with Gasteiger partial charge in [-0.2, -0.15) is 0 Å². The number of amides is 1. The van der Waals surface area contributed by atoms with Crippen LogP contribution in [-0.4, -0.2) is 46.5 Å². The second-order valence-electron chi connectivity index (χ2n) is 7.04. The monoisotopic (exact) mass is 458 g/mol. The molecule has 0 aliphatic carbocycles. The number of hydrogen-bond donors (Lipinski definition) is 0. The van der Waals surface area contributed by atoms with E-state index >= 15 is 0 Å². The molecule has 2 aromatic heterocycles. The zero-order chi connectivity index (χ0) is 19.7. The minimum absolute atomic E-state index is 0.123. The molecule has 0 unspecified atom stereocenters. The van der Waals surface area contributed by atoms with Crippen LogP contribution < -0.4 is 4.90 Å². The van der Waals surface area contributed by atoms with Gasteiger partial charge in [0.15, 0.2) is 5.13 Å². The van der Waals surface area contributed by atoms with Crippen LogP contribution >= 0.6 is 27.3 Å². The van der Waals surface area contributed by atoms with Crippen molar-refractivity contribution in [1.29, 1.82) is 0 Å². The quantitative estimate of drug-likeness (QED) is 0.572. The molecule has 3 heterocycles. The highest BCUT2D eigenvalue weighted by Crippen LogP contribution is 2.25. The molecule has 1 amide bonds. The van der Waals surface area contributed by atoms with Crippen LogP contribution in [0.2, 0.25) is 0 Å². The van der Waals surface area contributed by atoms with E-state index in [-0.39, 0.29) is 5.91 Å². The third-order valence-electron chi connectivity index (χ3n) is 5.22. The molecule has 1 fully saturated rings. The second-order valence-corrected chi connectivity index (χ2v) is 8.83. The first-order valence-corrected chi connectivity index (χ1v) is 11.1. The fourth-order valence-corrected chi connectivity index (χ4v) is 4.78. The van der Waals surface area contributed by atoms with Crippen molar-refractivity contribution in [3.63, 3.8) is 0 Å². The van der Waals surface area contributed by atoms with Crippen LogP contribution in [0.3, 0.4) is 0 Å². The number of aromatic nitrogens is 2. The van der Waals surface area contributed by atoms with Crippen molar-refractivity contribution < 1.29 is 4.79 Å². The predicted molar refractivity (Wildman–Crippen MR) is 118 cm³/mol. The Bertz CT molecular complexity index is 965. The molecule has 0 N–H and O–H groups in total. The van der Waals surface area contributed by atoms with Crippen molar-refractivity contribution in [2.75, 3.05) is 31.1 Å². The molecule has 0 bridgehead atoms. The van der Waals surface area contributed by atoms with Gasteiger partial charge in [-0.3, -0.25) is 4.79 Å². The lowest BCUT2D eigenvalue weighted by Crippen LogP contribution is -2.35. The number of rotatable bonds is 3. The van der Waals surface area contributed by atoms with Crippen molar-refractivity contribution in [3.8, 4) is 5.69 Å². The lowest BCUT2D eigenvalue weighted by Gasteiger charge is -2.22. The molecule has 146 valence electrons. The average Bonchev–Trinajstić information content (AvgIpc) is 3.24. The van der Waals surface area contributed by atoms with Gasteiger partial charge in [-0.25, -0.2) is 4.98 Å². The van der Waals surface area contributed by atoms with Crippen LogP contribution in [0.1, 0.15) is 28.2 Å². The van der Waals surface area contributed by atoms with Crippen molar-refractivity contribution in [1.82, 2.24) is 14.5 Å². The zero-order valence-corrected chi connectivity index (χ0v) is 18.5. The van der Waals surface area contributed by atoms with Crippen molar-refractivity contribution in [2.24, 2.45) is 0 Å². The van der Waals surface area contributed by atoms with Crippen LogP contribution in [0.4, 0.5) is 5.13 Å². The molecule has 0 spiro atoms. The summed E-state index contributed by atoms with van der Waals surface area (Å²) in [6.45, 7) is 7.35. The van der Waals surface area contributed by atoms with Crippen molar-refractivity contribution >= 4 is 38.3 Å². The molecule has 0 atom stereocenters. The summed E-state index contributed by atoms with van der Waals surface area (Å²) >= 11 is 5.14. The maximum atomic E-state index is 13.3. The van der Waals surface area contributed by atoms with E-state index in [1.165, 1.54) is 0 Å². The molecule has 28 heavy (non-hydrogen) atoms. The predicted octanol–water partition coefficient (Wildman–Crippen LogP) is 4.67. The standard InChI is InChI=1S/C21H23BrN4OS/c1-15-14-19(16(2)26(15)18-6-4-17(22)5-7-18)20(27)24-9-3-10-25(12-11-24)21-23-8-13-28-21/h4-8,13-14H,3,9-12H2,1-2H3. The molecule has 0 radical (unpaired) electrons. The number of carbonyl (C=O) groups is 1. The molecular formula is C21H23BrN4OS. The van der Waals surface area contributed by atoms with E-state index in [0.29, 0.717) is 0 Å². The molecule has 4 rings (SSSR count). The topological polar surface area (TPSA) is 41.4 Å². The summed E-state index contributed by atoms with van der Waals surface area (Å²) in [5, 5.41) is 3.04. The highest BCUT2D eigenvalue weighted by molar-refractivity contribution is 9.10. The van der Waals surface area contributed by atoms with E-state index < -0.39 is 0 Å². The van der Waals surface area contributed by atoms with Crippen LogP contribution in [0.25, 0.3) is 5.69 Å². The number of aryl methyl sites for hydroxylation is 1. The van der Waals surface area contributed by atoms with E-state index in [1.807, 2.05) is 41.6 Å². The van der Waals surface area contributed by atoms with Gasteiger partial charge in [-0.15, -0.1) is 11.3 Å². The smallest absolute Gasteiger partial charge is 0.255 e. The Kier molecular flexibility index (Phi) is 5.55. The number of thiazole rings is 1. The lowest BCUT2D eigenvalue weighted by molar-refractivity contribution is 0.0766. The average molecular weight is 459 g/mol. The van der Waals surface area contributed by atoms with Gasteiger partial charge in [0, 0.05) is 59.3 Å². The third kappa shape index (κ3) is 3.73. The molecule has 1 aromatic carbocycles. The van der Waals surface area contributed by atoms with Gasteiger partial charge in [0.05, 0.1) is 5.56 Å². The molecule has 1 saturated heterocycles. The van der Waals surface area contributed by atoms with E-state index in [9.17, 15) is 4.79 Å². The number of hydrogen-bond acceptors (Lipinski definition) is 4. The molecule has 1 aliphatic heterocycles. The molecule has 0 saturated carbocycles. The number of halogens is 1. The summed E-state index contributed by atoms with van der Waals surface area (Å²) < 4.78 is 3.20. The first-order chi connectivity index (χ1) is 13.5. The van der Waals surface area contributed by atoms with E-state index in [0.717, 1.165) is 64.8 Å². The number of benzene rings is 1. The van der Waals surface area contributed by atoms with Gasteiger partial charge in [0.25, 0.3) is 5.91 Å². The van der Waals surface area contributed by atoms with Gasteiger partial charge >= 0.3 is 0 Å². The Morgan fingerprint density at radius 3 is 2.61 bits per heavy atom. The Labute approximate surface area is 177 Å². The normalized spacial score (nSPS) is 15.0. The maximum Gasteiger partial charge on any atom is 0.255 e. The molecular weight excluding hydrogens is 436 g/mol. The zero-order valence-electron chi connectivity index (χ0n) is 16.1. The van der Waals surface area contributed by atoms with Crippen LogP contribution in [0, 0.1) is 13.8 Å². The highest BCUT2D eigenvalue weighted by atomic mass is 79.9.